The molecule has 2 unspecified atom stereocenters. The minimum atomic E-state index is -4.52. The van der Waals surface area contributed by atoms with Crippen molar-refractivity contribution < 1.29 is 22.7 Å². The highest BCUT2D eigenvalue weighted by Gasteiger charge is 2.37. The van der Waals surface area contributed by atoms with E-state index < -0.39 is 23.9 Å². The summed E-state index contributed by atoms with van der Waals surface area (Å²) in [6, 6.07) is 12.6. The number of carbonyl (C=O) groups excluding carboxylic acids is 1. The van der Waals surface area contributed by atoms with E-state index in [1.807, 2.05) is 44.2 Å². The van der Waals surface area contributed by atoms with Gasteiger partial charge >= 0.3 is 6.18 Å². The SMILES string of the molecule is CC(C)CC(Oc1ccc(C2C=N2)c(C(F)(F)F)c1)C(=O)NCc1ccccc1. The number of benzene rings is 2. The van der Waals surface area contributed by atoms with Gasteiger partial charge < -0.3 is 10.1 Å². The summed E-state index contributed by atoms with van der Waals surface area (Å²) in [4.78, 5) is 16.5. The monoisotopic (exact) mass is 404 g/mol. The number of rotatable bonds is 8. The van der Waals surface area contributed by atoms with Gasteiger partial charge in [0.05, 0.1) is 5.56 Å². The first-order chi connectivity index (χ1) is 13.7. The molecule has 2 atom stereocenters. The quantitative estimate of drug-likeness (QED) is 0.678. The topological polar surface area (TPSA) is 50.7 Å². The van der Waals surface area contributed by atoms with Crippen LogP contribution >= 0.6 is 0 Å². The predicted octanol–water partition coefficient (Wildman–Crippen LogP) is 4.94. The summed E-state index contributed by atoms with van der Waals surface area (Å²) >= 11 is 0. The van der Waals surface area contributed by atoms with Crippen LogP contribution in [-0.4, -0.2) is 18.2 Å². The van der Waals surface area contributed by atoms with Gasteiger partial charge in [0.25, 0.3) is 5.91 Å². The maximum absolute atomic E-state index is 13.4. The lowest BCUT2D eigenvalue weighted by Gasteiger charge is -2.22. The van der Waals surface area contributed by atoms with Gasteiger partial charge in [-0.1, -0.05) is 50.2 Å². The Hall–Kier alpha value is -2.83. The number of nitrogens with one attached hydrogen (secondary N) is 1. The molecule has 0 saturated carbocycles. The van der Waals surface area contributed by atoms with Crippen molar-refractivity contribution >= 4 is 12.1 Å². The molecule has 3 rings (SSSR count). The van der Waals surface area contributed by atoms with E-state index in [4.69, 9.17) is 4.74 Å². The maximum Gasteiger partial charge on any atom is 0.416 e. The zero-order valence-electron chi connectivity index (χ0n) is 16.2. The van der Waals surface area contributed by atoms with E-state index in [0.29, 0.717) is 13.0 Å². The summed E-state index contributed by atoms with van der Waals surface area (Å²) in [7, 11) is 0. The zero-order valence-corrected chi connectivity index (χ0v) is 16.2. The molecule has 0 saturated heterocycles. The normalized spacial score (nSPS) is 16.6. The van der Waals surface area contributed by atoms with Crippen LogP contribution in [0.3, 0.4) is 0 Å². The lowest BCUT2D eigenvalue weighted by atomic mass is 10.0. The smallest absolute Gasteiger partial charge is 0.416 e. The second-order valence-corrected chi connectivity index (χ2v) is 7.43. The fraction of sp³-hybridized carbons (Fsp3) is 0.364. The summed E-state index contributed by atoms with van der Waals surface area (Å²) < 4.78 is 46.0. The van der Waals surface area contributed by atoms with Gasteiger partial charge in [0.15, 0.2) is 6.10 Å². The summed E-state index contributed by atoms with van der Waals surface area (Å²) in [6.45, 7) is 4.18. The van der Waals surface area contributed by atoms with Gasteiger partial charge in [0, 0.05) is 12.8 Å². The van der Waals surface area contributed by atoms with Gasteiger partial charge in [-0.2, -0.15) is 13.2 Å². The Morgan fingerprint density at radius 1 is 1.17 bits per heavy atom. The maximum atomic E-state index is 13.4. The molecule has 0 bridgehead atoms. The lowest BCUT2D eigenvalue weighted by Crippen LogP contribution is -2.39. The molecule has 1 amide bonds. The molecule has 0 fully saturated rings. The number of carbonyl (C=O) groups is 1. The second kappa shape index (κ2) is 8.68. The van der Waals surface area contributed by atoms with Crippen molar-refractivity contribution in [2.45, 2.75) is 45.1 Å². The molecule has 1 aliphatic heterocycles. The number of hydrogen-bond donors (Lipinski definition) is 1. The Labute approximate surface area is 167 Å². The first-order valence-electron chi connectivity index (χ1n) is 9.47. The van der Waals surface area contributed by atoms with Crippen molar-refractivity contribution in [1.29, 1.82) is 0 Å². The fourth-order valence-electron chi connectivity index (χ4n) is 3.02. The van der Waals surface area contributed by atoms with Gasteiger partial charge in [-0.25, -0.2) is 0 Å². The molecule has 0 radical (unpaired) electrons. The van der Waals surface area contributed by atoms with Crippen molar-refractivity contribution in [3.05, 3.63) is 65.2 Å². The van der Waals surface area contributed by atoms with E-state index in [9.17, 15) is 18.0 Å². The average Bonchev–Trinajstić information content (AvgIpc) is 3.50. The van der Waals surface area contributed by atoms with E-state index >= 15 is 0 Å². The largest absolute Gasteiger partial charge is 0.481 e. The number of nitrogens with zero attached hydrogens (tertiary/aromatic N) is 1. The zero-order chi connectivity index (χ0) is 21.0. The fourth-order valence-corrected chi connectivity index (χ4v) is 3.02. The van der Waals surface area contributed by atoms with Gasteiger partial charge in [-0.15, -0.1) is 0 Å². The Morgan fingerprint density at radius 3 is 2.45 bits per heavy atom. The first-order valence-corrected chi connectivity index (χ1v) is 9.47. The van der Waals surface area contributed by atoms with Gasteiger partial charge in [0.1, 0.15) is 11.8 Å². The van der Waals surface area contributed by atoms with E-state index in [2.05, 4.69) is 10.3 Å². The van der Waals surface area contributed by atoms with Crippen molar-refractivity contribution in [2.75, 3.05) is 0 Å². The van der Waals surface area contributed by atoms with Crippen LogP contribution in [0.25, 0.3) is 0 Å². The molecule has 1 aliphatic rings. The minimum Gasteiger partial charge on any atom is -0.481 e. The Bertz CT molecular complexity index is 873. The highest BCUT2D eigenvalue weighted by molar-refractivity contribution is 5.81. The van der Waals surface area contributed by atoms with Crippen LogP contribution < -0.4 is 10.1 Å². The Kier molecular flexibility index (Phi) is 6.25. The third-order valence-corrected chi connectivity index (χ3v) is 4.51. The van der Waals surface area contributed by atoms with Crippen molar-refractivity contribution in [1.82, 2.24) is 5.32 Å². The molecule has 7 heteroatoms. The second-order valence-electron chi connectivity index (χ2n) is 7.43. The van der Waals surface area contributed by atoms with Crippen LogP contribution in [-0.2, 0) is 17.5 Å². The molecular weight excluding hydrogens is 381 g/mol. The minimum absolute atomic E-state index is 0.0160. The summed E-state index contributed by atoms with van der Waals surface area (Å²) in [5.41, 5.74) is 0.238. The number of aliphatic imine (C=N–C) groups is 1. The molecule has 1 heterocycles. The summed E-state index contributed by atoms with van der Waals surface area (Å²) in [5.74, 6) is -0.211. The highest BCUT2D eigenvalue weighted by atomic mass is 19.4. The third kappa shape index (κ3) is 5.82. The van der Waals surface area contributed by atoms with E-state index in [0.717, 1.165) is 11.6 Å². The summed E-state index contributed by atoms with van der Waals surface area (Å²) in [6.07, 6.45) is -3.56. The van der Waals surface area contributed by atoms with Crippen molar-refractivity contribution in [3.63, 3.8) is 0 Å². The lowest BCUT2D eigenvalue weighted by molar-refractivity contribution is -0.138. The summed E-state index contributed by atoms with van der Waals surface area (Å²) in [5, 5.41) is 2.80. The van der Waals surface area contributed by atoms with Gasteiger partial charge in [-0.3, -0.25) is 9.79 Å². The predicted molar refractivity (Wildman–Crippen MR) is 105 cm³/mol. The first kappa shape index (κ1) is 20.9. The van der Waals surface area contributed by atoms with E-state index in [-0.39, 0.29) is 23.1 Å². The standard InChI is InChI=1S/C22H23F3N2O2/c1-14(2)10-20(21(28)27-12-15-6-4-3-5-7-15)29-16-8-9-17(19-13-26-19)18(11-16)22(23,24)25/h3-9,11,13-14,19-20H,10,12H2,1-2H3,(H,27,28). The van der Waals surface area contributed by atoms with Gasteiger partial charge in [-0.05, 0) is 35.6 Å². The average molecular weight is 404 g/mol. The van der Waals surface area contributed by atoms with Crippen LogP contribution in [0.15, 0.2) is 53.5 Å². The molecule has 29 heavy (non-hydrogen) atoms. The van der Waals surface area contributed by atoms with Crippen LogP contribution in [0.2, 0.25) is 0 Å². The molecule has 4 nitrogen and oxygen atoms in total. The van der Waals surface area contributed by atoms with E-state index in [1.54, 1.807) is 0 Å². The number of halogens is 3. The van der Waals surface area contributed by atoms with Crippen LogP contribution in [0, 0.1) is 5.92 Å². The Balaban J connectivity index is 1.74. The van der Waals surface area contributed by atoms with Crippen molar-refractivity contribution in [3.8, 4) is 5.75 Å². The molecule has 154 valence electrons. The molecule has 0 aliphatic carbocycles. The van der Waals surface area contributed by atoms with Crippen LogP contribution in [0.1, 0.15) is 43.0 Å². The van der Waals surface area contributed by atoms with Crippen LogP contribution in [0.5, 0.6) is 5.75 Å². The molecule has 2 aromatic carbocycles. The number of amides is 1. The molecule has 0 spiro atoms. The van der Waals surface area contributed by atoms with Gasteiger partial charge in [0.2, 0.25) is 0 Å². The number of hydrogen-bond acceptors (Lipinski definition) is 3. The molecule has 0 aromatic heterocycles. The molecule has 2 aromatic rings. The van der Waals surface area contributed by atoms with Crippen LogP contribution in [0.4, 0.5) is 13.2 Å². The number of ether oxygens (including phenoxy) is 1. The highest BCUT2D eigenvalue weighted by Crippen LogP contribution is 2.40. The molecular formula is C22H23F3N2O2. The van der Waals surface area contributed by atoms with Crippen molar-refractivity contribution in [2.24, 2.45) is 10.9 Å². The van der Waals surface area contributed by atoms with E-state index in [1.165, 1.54) is 18.3 Å². The Morgan fingerprint density at radius 2 is 1.86 bits per heavy atom. The third-order valence-electron chi connectivity index (χ3n) is 4.51. The molecule has 1 N–H and O–H groups in total. The number of alkyl halides is 3.